The molecular weight excluding hydrogens is 267 g/mol. The summed E-state index contributed by atoms with van der Waals surface area (Å²) in [6, 6.07) is 19.0. The summed E-state index contributed by atoms with van der Waals surface area (Å²) in [6.45, 7) is 2.12. The fraction of sp³-hybridized carbons (Fsp3) is 0.105. The summed E-state index contributed by atoms with van der Waals surface area (Å²) in [6.07, 6.45) is 10.4. The molecule has 1 aromatic heterocycles. The molecule has 0 aliphatic heterocycles. The highest BCUT2D eigenvalue weighted by Crippen LogP contribution is 2.06. The number of benzene rings is 2. The number of nitrogens with zero attached hydrogens (tertiary/aromatic N) is 1. The minimum absolute atomic E-state index is 0.970. The number of H-pyrrole nitrogens is 1. The van der Waals surface area contributed by atoms with Crippen molar-refractivity contribution in [2.24, 2.45) is 0 Å². The Hall–Kier alpha value is -2.55. The second kappa shape index (κ2) is 9.40. The Bertz CT molecular complexity index is 644. The Balaban J connectivity index is 0.000000299. The van der Waals surface area contributed by atoms with E-state index >= 15 is 0 Å². The number of aromatic amines is 1. The predicted octanol–water partition coefficient (Wildman–Crippen LogP) is 3.87. The van der Waals surface area contributed by atoms with Crippen molar-refractivity contribution in [1.29, 1.82) is 0 Å². The highest BCUT2D eigenvalue weighted by atomic mass is 14.8. The third kappa shape index (κ3) is 6.27. The van der Waals surface area contributed by atoms with Crippen LogP contribution in [0, 0.1) is 6.92 Å². The number of allylic oxidation sites excluding steroid dienone is 1. The molecule has 1 radical (unpaired) electrons. The topological polar surface area (TPSA) is 28.7 Å². The summed E-state index contributed by atoms with van der Waals surface area (Å²) in [5.74, 6) is 0. The van der Waals surface area contributed by atoms with Gasteiger partial charge in [0.15, 0.2) is 7.28 Å². The van der Waals surface area contributed by atoms with Crippen LogP contribution in [-0.4, -0.2) is 17.2 Å². The van der Waals surface area contributed by atoms with Crippen LogP contribution < -0.4 is 5.46 Å². The molecule has 0 bridgehead atoms. The standard InChI is InChI=1S/C16H16B.C3H4N2/c1-14-7-5-8-15(13-14)9-6-12-17-16-10-3-2-4-11-16;1-2-5-3-4-1/h2-11,13H,12H2,1H3;1-3H,(H,4,5). The third-order valence-corrected chi connectivity index (χ3v) is 3.05. The van der Waals surface area contributed by atoms with Crippen LogP contribution in [0.2, 0.25) is 6.32 Å². The summed E-state index contributed by atoms with van der Waals surface area (Å²) < 4.78 is 0. The normalized spacial score (nSPS) is 10.0. The van der Waals surface area contributed by atoms with E-state index in [9.17, 15) is 0 Å². The molecule has 22 heavy (non-hydrogen) atoms. The van der Waals surface area contributed by atoms with Gasteiger partial charge in [-0.15, -0.1) is 0 Å². The molecule has 0 saturated heterocycles. The van der Waals surface area contributed by atoms with Crippen molar-refractivity contribution in [2.45, 2.75) is 13.2 Å². The van der Waals surface area contributed by atoms with Gasteiger partial charge in [0.25, 0.3) is 0 Å². The van der Waals surface area contributed by atoms with E-state index in [0.29, 0.717) is 0 Å². The van der Waals surface area contributed by atoms with Crippen LogP contribution in [0.5, 0.6) is 0 Å². The van der Waals surface area contributed by atoms with Crippen LogP contribution in [0.3, 0.4) is 0 Å². The lowest BCUT2D eigenvalue weighted by molar-refractivity contribution is 1.31. The SMILES string of the molecule is Cc1cccc(C=CC[B]c2ccccc2)c1.c1c[nH]cn1. The summed E-state index contributed by atoms with van der Waals surface area (Å²) in [5.41, 5.74) is 3.85. The molecule has 3 aromatic rings. The molecular formula is C19H20BN2. The Labute approximate surface area is 133 Å². The maximum Gasteiger partial charge on any atom is 0.155 e. The maximum atomic E-state index is 3.67. The minimum Gasteiger partial charge on any atom is -0.351 e. The van der Waals surface area contributed by atoms with E-state index in [4.69, 9.17) is 0 Å². The number of hydrogen-bond donors (Lipinski definition) is 1. The molecule has 0 amide bonds. The lowest BCUT2D eigenvalue weighted by Gasteiger charge is -1.96. The number of aryl methyl sites for hydroxylation is 1. The predicted molar refractivity (Wildman–Crippen MR) is 95.4 cm³/mol. The Kier molecular flexibility index (Phi) is 6.77. The molecule has 0 saturated carbocycles. The molecule has 0 spiro atoms. The van der Waals surface area contributed by atoms with Gasteiger partial charge in [-0.05, 0) is 12.5 Å². The summed E-state index contributed by atoms with van der Waals surface area (Å²) >= 11 is 0. The smallest absolute Gasteiger partial charge is 0.155 e. The quantitative estimate of drug-likeness (QED) is 0.725. The largest absolute Gasteiger partial charge is 0.351 e. The second-order valence-corrected chi connectivity index (χ2v) is 4.93. The zero-order chi connectivity index (χ0) is 15.5. The minimum atomic E-state index is 0.970. The first kappa shape index (κ1) is 15.8. The van der Waals surface area contributed by atoms with Crippen molar-refractivity contribution in [3.63, 3.8) is 0 Å². The van der Waals surface area contributed by atoms with Crippen molar-refractivity contribution in [3.8, 4) is 0 Å². The molecule has 109 valence electrons. The summed E-state index contributed by atoms with van der Waals surface area (Å²) in [5, 5.41) is 0. The number of hydrogen-bond acceptors (Lipinski definition) is 1. The van der Waals surface area contributed by atoms with E-state index in [1.54, 1.807) is 18.7 Å². The van der Waals surface area contributed by atoms with Gasteiger partial charge >= 0.3 is 0 Å². The Morgan fingerprint density at radius 2 is 1.95 bits per heavy atom. The average Bonchev–Trinajstić information content (AvgIpc) is 3.12. The van der Waals surface area contributed by atoms with Gasteiger partial charge in [0.2, 0.25) is 0 Å². The van der Waals surface area contributed by atoms with Crippen LogP contribution in [0.1, 0.15) is 11.1 Å². The second-order valence-electron chi connectivity index (χ2n) is 4.93. The lowest BCUT2D eigenvalue weighted by atomic mass is 9.67. The molecule has 2 aromatic carbocycles. The number of nitrogens with one attached hydrogen (secondary N) is 1. The van der Waals surface area contributed by atoms with Crippen molar-refractivity contribution in [1.82, 2.24) is 9.97 Å². The Morgan fingerprint density at radius 1 is 1.09 bits per heavy atom. The maximum absolute atomic E-state index is 3.67. The van der Waals surface area contributed by atoms with E-state index in [-0.39, 0.29) is 0 Å². The zero-order valence-electron chi connectivity index (χ0n) is 12.8. The van der Waals surface area contributed by atoms with E-state index < -0.39 is 0 Å². The molecule has 3 rings (SSSR count). The molecule has 0 aliphatic rings. The highest BCUT2D eigenvalue weighted by Gasteiger charge is 1.91. The first-order valence-electron chi connectivity index (χ1n) is 7.39. The molecule has 0 atom stereocenters. The fourth-order valence-electron chi connectivity index (χ4n) is 1.99. The van der Waals surface area contributed by atoms with Gasteiger partial charge < -0.3 is 4.98 Å². The van der Waals surface area contributed by atoms with Gasteiger partial charge in [0.05, 0.1) is 6.33 Å². The number of aromatic nitrogens is 2. The molecule has 2 nitrogen and oxygen atoms in total. The van der Waals surface area contributed by atoms with E-state index in [2.05, 4.69) is 84.9 Å². The number of rotatable bonds is 4. The highest BCUT2D eigenvalue weighted by molar-refractivity contribution is 6.53. The van der Waals surface area contributed by atoms with Crippen LogP contribution in [-0.2, 0) is 0 Å². The summed E-state index contributed by atoms with van der Waals surface area (Å²) in [4.78, 5) is 6.42. The van der Waals surface area contributed by atoms with Gasteiger partial charge in [-0.1, -0.05) is 84.1 Å². The van der Waals surface area contributed by atoms with Crippen molar-refractivity contribution >= 4 is 18.8 Å². The van der Waals surface area contributed by atoms with E-state index in [1.165, 1.54) is 16.6 Å². The van der Waals surface area contributed by atoms with Crippen molar-refractivity contribution in [3.05, 3.63) is 90.5 Å². The van der Waals surface area contributed by atoms with Crippen LogP contribution in [0.15, 0.2) is 79.4 Å². The van der Waals surface area contributed by atoms with Gasteiger partial charge in [-0.25, -0.2) is 4.98 Å². The van der Waals surface area contributed by atoms with Gasteiger partial charge in [0.1, 0.15) is 0 Å². The molecule has 1 heterocycles. The van der Waals surface area contributed by atoms with E-state index in [0.717, 1.165) is 6.32 Å². The van der Waals surface area contributed by atoms with Gasteiger partial charge in [-0.2, -0.15) is 0 Å². The van der Waals surface area contributed by atoms with Crippen LogP contribution >= 0.6 is 0 Å². The Morgan fingerprint density at radius 3 is 2.59 bits per heavy atom. The van der Waals surface area contributed by atoms with Gasteiger partial charge in [0, 0.05) is 12.4 Å². The number of imidazole rings is 1. The van der Waals surface area contributed by atoms with Gasteiger partial charge in [-0.3, -0.25) is 0 Å². The van der Waals surface area contributed by atoms with E-state index in [1.807, 2.05) is 6.07 Å². The molecule has 3 heteroatoms. The summed E-state index contributed by atoms with van der Waals surface area (Å²) in [7, 11) is 2.23. The molecule has 1 N–H and O–H groups in total. The molecule has 0 fully saturated rings. The first-order chi connectivity index (χ1) is 10.8. The van der Waals surface area contributed by atoms with Crippen LogP contribution in [0.25, 0.3) is 6.08 Å². The molecule has 0 aliphatic carbocycles. The van der Waals surface area contributed by atoms with Crippen LogP contribution in [0.4, 0.5) is 0 Å². The zero-order valence-corrected chi connectivity index (χ0v) is 12.8. The average molecular weight is 287 g/mol. The monoisotopic (exact) mass is 287 g/mol. The first-order valence-corrected chi connectivity index (χ1v) is 7.39. The van der Waals surface area contributed by atoms with Crippen molar-refractivity contribution < 1.29 is 0 Å². The molecule has 0 unspecified atom stereocenters. The third-order valence-electron chi connectivity index (χ3n) is 3.05. The lowest BCUT2D eigenvalue weighted by Crippen LogP contribution is -2.11. The fourth-order valence-corrected chi connectivity index (χ4v) is 1.99. The van der Waals surface area contributed by atoms with Crippen molar-refractivity contribution in [2.75, 3.05) is 0 Å².